The number of esters is 2. The van der Waals surface area contributed by atoms with E-state index in [1.165, 1.54) is 96.0 Å². The lowest BCUT2D eigenvalue weighted by Crippen LogP contribution is -2.60. The summed E-state index contributed by atoms with van der Waals surface area (Å²) in [6.07, 6.45) is 32.1. The maximum absolute atomic E-state index is 12.8. The Morgan fingerprint density at radius 1 is 0.621 bits per heavy atom. The van der Waals surface area contributed by atoms with Gasteiger partial charge in [-0.1, -0.05) is 159 Å². The lowest BCUT2D eigenvalue weighted by molar-refractivity contribution is -0.297. The highest BCUT2D eigenvalue weighted by Gasteiger charge is 2.46. The second kappa shape index (κ2) is 35.4. The fourth-order valence-corrected chi connectivity index (χ4v) is 7.21. The van der Waals surface area contributed by atoms with E-state index in [1.54, 1.807) is 12.2 Å². The molecule has 0 saturated carbocycles. The number of hydrogen-bond acceptors (Lipinski definition) is 11. The first-order valence-electron chi connectivity index (χ1n) is 22.3. The van der Waals surface area contributed by atoms with Gasteiger partial charge in [0.05, 0.1) is 6.61 Å². The van der Waals surface area contributed by atoms with Crippen LogP contribution in [0.5, 0.6) is 0 Å². The molecule has 0 aromatic rings. The van der Waals surface area contributed by atoms with Gasteiger partial charge >= 0.3 is 11.9 Å². The molecule has 1 fully saturated rings. The van der Waals surface area contributed by atoms with Gasteiger partial charge in [-0.3, -0.25) is 9.35 Å². The largest absolute Gasteiger partial charge is 0.458 e. The minimum Gasteiger partial charge on any atom is -0.458 e. The highest BCUT2D eigenvalue weighted by Crippen LogP contribution is 2.24. The molecule has 12 nitrogen and oxygen atoms in total. The van der Waals surface area contributed by atoms with Crippen molar-refractivity contribution in [3.05, 3.63) is 48.6 Å². The van der Waals surface area contributed by atoms with Gasteiger partial charge in [0.25, 0.3) is 10.1 Å². The number of carbonyl (C=O) groups excluding carboxylic acids is 2. The summed E-state index contributed by atoms with van der Waals surface area (Å²) >= 11 is 0. The van der Waals surface area contributed by atoms with Crippen molar-refractivity contribution in [1.29, 1.82) is 0 Å². The fourth-order valence-electron chi connectivity index (χ4n) is 6.52. The number of aliphatic hydroxyl groups excluding tert-OH is 3. The molecule has 1 aliphatic heterocycles. The average Bonchev–Trinajstić information content (AvgIpc) is 3.18. The third-order valence-corrected chi connectivity index (χ3v) is 10.8. The molecule has 0 amide bonds. The van der Waals surface area contributed by atoms with E-state index < -0.39 is 71.2 Å². The third-order valence-electron chi connectivity index (χ3n) is 10.0. The van der Waals surface area contributed by atoms with E-state index in [9.17, 15) is 37.9 Å². The first-order valence-corrected chi connectivity index (χ1v) is 23.9. The van der Waals surface area contributed by atoms with Crippen molar-refractivity contribution in [2.45, 2.75) is 205 Å². The van der Waals surface area contributed by atoms with E-state index in [0.29, 0.717) is 6.42 Å². The van der Waals surface area contributed by atoms with Gasteiger partial charge in [0.1, 0.15) is 36.8 Å². The Hall–Kier alpha value is -2.39. The number of unbranched alkanes of at least 4 members (excludes halogenated alkanes) is 20. The van der Waals surface area contributed by atoms with E-state index in [2.05, 4.69) is 38.2 Å². The van der Waals surface area contributed by atoms with Crippen LogP contribution in [0, 0.1) is 0 Å². The molecule has 0 aliphatic carbocycles. The van der Waals surface area contributed by atoms with Crippen LogP contribution in [0.15, 0.2) is 48.6 Å². The maximum Gasteiger partial charge on any atom is 0.330 e. The van der Waals surface area contributed by atoms with Crippen LogP contribution >= 0.6 is 0 Å². The molecule has 0 aromatic carbocycles. The summed E-state index contributed by atoms with van der Waals surface area (Å²) in [5, 5.41) is 30.8. The highest BCUT2D eigenvalue weighted by atomic mass is 32.2. The van der Waals surface area contributed by atoms with Gasteiger partial charge in [0.15, 0.2) is 12.4 Å². The van der Waals surface area contributed by atoms with Gasteiger partial charge in [-0.25, -0.2) is 4.79 Å². The predicted octanol–water partition coefficient (Wildman–Crippen LogP) is 8.78. The first-order chi connectivity index (χ1) is 28.0. The van der Waals surface area contributed by atoms with E-state index in [4.69, 9.17) is 18.9 Å². The van der Waals surface area contributed by atoms with Gasteiger partial charge in [-0.2, -0.15) is 8.42 Å². The summed E-state index contributed by atoms with van der Waals surface area (Å²) in [7, 11) is -4.61. The van der Waals surface area contributed by atoms with E-state index >= 15 is 0 Å². The van der Waals surface area contributed by atoms with Crippen LogP contribution in [-0.2, 0) is 38.7 Å². The van der Waals surface area contributed by atoms with Crippen molar-refractivity contribution in [3.63, 3.8) is 0 Å². The monoisotopic (exact) mass is 843 g/mol. The third kappa shape index (κ3) is 29.8. The fraction of sp³-hybridized carbons (Fsp3) is 0.778. The molecule has 2 unspecified atom stereocenters. The van der Waals surface area contributed by atoms with Crippen LogP contribution in [-0.4, -0.2) is 96.0 Å². The molecule has 1 heterocycles. The molecule has 0 radical (unpaired) electrons. The minimum absolute atomic E-state index is 0.126. The van der Waals surface area contributed by atoms with Gasteiger partial charge in [0, 0.05) is 12.5 Å². The zero-order valence-electron chi connectivity index (χ0n) is 35.6. The molecule has 0 bridgehead atoms. The average molecular weight is 843 g/mol. The zero-order chi connectivity index (χ0) is 42.7. The van der Waals surface area contributed by atoms with Crippen molar-refractivity contribution in [1.82, 2.24) is 0 Å². The molecule has 6 atom stereocenters. The van der Waals surface area contributed by atoms with E-state index in [1.807, 2.05) is 6.08 Å². The summed E-state index contributed by atoms with van der Waals surface area (Å²) in [6, 6.07) is 0. The predicted molar refractivity (Wildman–Crippen MR) is 229 cm³/mol. The van der Waals surface area contributed by atoms with Gasteiger partial charge in [-0.15, -0.1) is 0 Å². The van der Waals surface area contributed by atoms with Gasteiger partial charge in [-0.05, 0) is 44.9 Å². The van der Waals surface area contributed by atoms with E-state index in [-0.39, 0.29) is 13.0 Å². The van der Waals surface area contributed by atoms with Gasteiger partial charge in [0.2, 0.25) is 0 Å². The number of allylic oxidation sites excluding steroid dienone is 7. The molecule has 1 aliphatic rings. The summed E-state index contributed by atoms with van der Waals surface area (Å²) in [5.41, 5.74) is 0. The number of aliphatic hydroxyl groups is 3. The molecular weight excluding hydrogens is 765 g/mol. The molecule has 0 spiro atoms. The SMILES string of the molecule is CCCCCC/C=C/C=C/CCCCCCCC(=O)O[C@H](COC(=O)/C=C/C=C/CCCCCCCCCCCCC)CO[C@H]1O[C@H](CS(=O)(=O)O)[C@@H](O)C(O)C1O. The summed E-state index contributed by atoms with van der Waals surface area (Å²) in [4.78, 5) is 25.2. The molecule has 4 N–H and O–H groups in total. The van der Waals surface area contributed by atoms with Crippen molar-refractivity contribution in [2.24, 2.45) is 0 Å². The molecular formula is C45H78O12S. The number of ether oxygens (including phenoxy) is 4. The lowest BCUT2D eigenvalue weighted by Gasteiger charge is -2.40. The van der Waals surface area contributed by atoms with Crippen LogP contribution in [0.2, 0.25) is 0 Å². The number of hydrogen-bond donors (Lipinski definition) is 4. The Kier molecular flexibility index (Phi) is 32.7. The van der Waals surface area contributed by atoms with Crippen LogP contribution < -0.4 is 0 Å². The maximum atomic E-state index is 12.8. The van der Waals surface area contributed by atoms with E-state index in [0.717, 1.165) is 51.4 Å². The van der Waals surface area contributed by atoms with Crippen LogP contribution in [0.1, 0.15) is 168 Å². The quantitative estimate of drug-likeness (QED) is 0.0155. The second-order valence-electron chi connectivity index (χ2n) is 15.5. The molecule has 1 rings (SSSR count). The minimum atomic E-state index is -4.61. The highest BCUT2D eigenvalue weighted by molar-refractivity contribution is 7.85. The summed E-state index contributed by atoms with van der Waals surface area (Å²) in [6.45, 7) is 3.61. The second-order valence-corrected chi connectivity index (χ2v) is 17.0. The molecule has 1 saturated heterocycles. The normalized spacial score (nSPS) is 20.8. The van der Waals surface area contributed by atoms with Crippen molar-refractivity contribution >= 4 is 22.1 Å². The van der Waals surface area contributed by atoms with Crippen LogP contribution in [0.3, 0.4) is 0 Å². The first kappa shape index (κ1) is 53.6. The van der Waals surface area contributed by atoms with Crippen LogP contribution in [0.4, 0.5) is 0 Å². The Morgan fingerprint density at radius 2 is 1.09 bits per heavy atom. The summed E-state index contributed by atoms with van der Waals surface area (Å²) in [5.74, 6) is -2.27. The summed E-state index contributed by atoms with van der Waals surface area (Å²) < 4.78 is 53.8. The number of carbonyl (C=O) groups is 2. The zero-order valence-corrected chi connectivity index (χ0v) is 36.5. The molecule has 0 aromatic heterocycles. The Bertz CT molecular complexity index is 1260. The Labute approximate surface area is 350 Å². The lowest BCUT2D eigenvalue weighted by atomic mass is 10.00. The smallest absolute Gasteiger partial charge is 0.330 e. The van der Waals surface area contributed by atoms with Crippen LogP contribution in [0.25, 0.3) is 0 Å². The van der Waals surface area contributed by atoms with Crippen molar-refractivity contribution in [2.75, 3.05) is 19.0 Å². The van der Waals surface area contributed by atoms with Crippen molar-refractivity contribution < 1.29 is 56.8 Å². The Morgan fingerprint density at radius 3 is 1.60 bits per heavy atom. The van der Waals surface area contributed by atoms with Crippen molar-refractivity contribution in [3.8, 4) is 0 Å². The topological polar surface area (TPSA) is 186 Å². The Balaban J connectivity index is 2.53. The molecule has 58 heavy (non-hydrogen) atoms. The molecule has 336 valence electrons. The number of rotatable bonds is 36. The standard InChI is InChI=1S/C45H78O12S/c1-3-5-7-9-11-13-15-17-19-21-23-25-27-29-31-33-40(46)54-35-38(36-55-45-44(50)43(49)42(48)39(57-45)37-58(51,52)53)56-41(47)34-32-30-28-26-24-22-20-18-16-14-12-10-8-6-4-2/h14,16,18,20,27,29,31,33,38-39,42-45,48-50H,3-13,15,17,19,21-26,28,30,32,34-37H2,1-2H3,(H,51,52,53)/b16-14+,20-18+,29-27+,33-31+/t38-,39-,42-,43?,44?,45+/m1/s1. The molecule has 13 heteroatoms. The van der Waals surface area contributed by atoms with Gasteiger partial charge < -0.3 is 34.3 Å².